The van der Waals surface area contributed by atoms with Crippen LogP contribution < -0.4 is 0 Å². The van der Waals surface area contributed by atoms with E-state index in [0.717, 1.165) is 25.4 Å². The fourth-order valence-corrected chi connectivity index (χ4v) is 3.43. The molecule has 1 aromatic heterocycles. The molecule has 0 aliphatic carbocycles. The minimum atomic E-state index is -0.608. The van der Waals surface area contributed by atoms with E-state index < -0.39 is 6.10 Å². The molecule has 0 aliphatic rings. The third kappa shape index (κ3) is 2.74. The molecule has 2 aromatic rings. The first-order chi connectivity index (χ1) is 7.99. The van der Waals surface area contributed by atoms with Gasteiger partial charge in [0.2, 0.25) is 0 Å². The van der Waals surface area contributed by atoms with Crippen molar-refractivity contribution in [1.29, 1.82) is 0 Å². The van der Waals surface area contributed by atoms with Crippen molar-refractivity contribution in [1.82, 2.24) is 0 Å². The van der Waals surface area contributed by atoms with Crippen molar-refractivity contribution in [3.05, 3.63) is 54.6 Å². The second-order valence-electron chi connectivity index (χ2n) is 4.01. The summed E-state index contributed by atoms with van der Waals surface area (Å²) in [5.74, 6) is 0. The lowest BCUT2D eigenvalue weighted by molar-refractivity contribution is 0.223. The van der Waals surface area contributed by atoms with E-state index in [9.17, 15) is 5.11 Å². The number of hydrogen-bond acceptors (Lipinski definition) is 2. The van der Waals surface area contributed by atoms with Crippen molar-refractivity contribution >= 4 is 38.9 Å². The molecule has 0 bridgehead atoms. The summed E-state index contributed by atoms with van der Waals surface area (Å²) in [6.07, 6.45) is -0.608. The molecule has 0 saturated heterocycles. The summed E-state index contributed by atoms with van der Waals surface area (Å²) >= 11 is 11.0. The Labute approximate surface area is 118 Å². The Morgan fingerprint density at radius 2 is 1.94 bits per heavy atom. The fourth-order valence-electron chi connectivity index (χ4n) is 1.68. The lowest BCUT2D eigenvalue weighted by Crippen LogP contribution is -1.99. The minimum Gasteiger partial charge on any atom is -0.383 e. The van der Waals surface area contributed by atoms with E-state index in [2.05, 4.69) is 15.9 Å². The number of aliphatic hydroxyl groups is 1. The van der Waals surface area contributed by atoms with Gasteiger partial charge < -0.3 is 5.11 Å². The molecule has 1 nitrogen and oxygen atoms in total. The van der Waals surface area contributed by atoms with Gasteiger partial charge >= 0.3 is 0 Å². The predicted molar refractivity (Wildman–Crippen MR) is 77.0 cm³/mol. The number of aliphatic hydroxyl groups excluding tert-OH is 1. The Balaban J connectivity index is 2.42. The number of benzene rings is 1. The third-order valence-corrected chi connectivity index (χ3v) is 5.11. The maximum Gasteiger partial charge on any atom is 0.114 e. The van der Waals surface area contributed by atoms with E-state index in [1.54, 1.807) is 11.3 Å². The van der Waals surface area contributed by atoms with Crippen LogP contribution in [0.2, 0.25) is 5.02 Å². The largest absolute Gasteiger partial charge is 0.383 e. The summed E-state index contributed by atoms with van der Waals surface area (Å²) in [7, 11) is 0. The number of thiophene rings is 1. The van der Waals surface area contributed by atoms with Crippen LogP contribution in [0.15, 0.2) is 28.1 Å². The van der Waals surface area contributed by atoms with Gasteiger partial charge in [0.05, 0.1) is 3.79 Å². The SMILES string of the molecule is Cc1ccc(Cl)cc1C(O)c1cc(C)c(Br)s1. The van der Waals surface area contributed by atoms with Crippen molar-refractivity contribution in [3.63, 3.8) is 0 Å². The van der Waals surface area contributed by atoms with E-state index >= 15 is 0 Å². The first-order valence-electron chi connectivity index (χ1n) is 5.19. The zero-order valence-electron chi connectivity index (χ0n) is 9.50. The summed E-state index contributed by atoms with van der Waals surface area (Å²) in [6, 6.07) is 7.59. The smallest absolute Gasteiger partial charge is 0.114 e. The highest BCUT2D eigenvalue weighted by atomic mass is 79.9. The second kappa shape index (κ2) is 5.11. The quantitative estimate of drug-likeness (QED) is 0.833. The summed E-state index contributed by atoms with van der Waals surface area (Å²) in [4.78, 5) is 0.930. The first kappa shape index (κ1) is 13.1. The predicted octanol–water partition coefficient (Wildman–Crippen LogP) is 4.86. The Morgan fingerprint density at radius 3 is 2.53 bits per heavy atom. The molecule has 1 heterocycles. The van der Waals surface area contributed by atoms with E-state index in [4.69, 9.17) is 11.6 Å². The van der Waals surface area contributed by atoms with Crippen molar-refractivity contribution in [3.8, 4) is 0 Å². The zero-order chi connectivity index (χ0) is 12.6. The topological polar surface area (TPSA) is 20.2 Å². The molecular weight excluding hydrogens is 320 g/mol. The van der Waals surface area contributed by atoms with Crippen LogP contribution in [0.4, 0.5) is 0 Å². The molecule has 0 fully saturated rings. The molecule has 4 heteroatoms. The van der Waals surface area contributed by atoms with Gasteiger partial charge in [-0.15, -0.1) is 11.3 Å². The van der Waals surface area contributed by atoms with Gasteiger partial charge in [0.25, 0.3) is 0 Å². The van der Waals surface area contributed by atoms with Gasteiger partial charge in [-0.1, -0.05) is 17.7 Å². The molecule has 0 amide bonds. The first-order valence-corrected chi connectivity index (χ1v) is 7.17. The van der Waals surface area contributed by atoms with Crippen LogP contribution in [0.3, 0.4) is 0 Å². The number of halogens is 2. The molecule has 1 aromatic carbocycles. The second-order valence-corrected chi connectivity index (χ2v) is 6.85. The summed E-state index contributed by atoms with van der Waals surface area (Å²) in [6.45, 7) is 3.99. The Kier molecular flexibility index (Phi) is 3.93. The van der Waals surface area contributed by atoms with Gasteiger partial charge in [-0.3, -0.25) is 0 Å². The average molecular weight is 332 g/mol. The van der Waals surface area contributed by atoms with Gasteiger partial charge in [-0.2, -0.15) is 0 Å². The monoisotopic (exact) mass is 330 g/mol. The summed E-state index contributed by atoms with van der Waals surface area (Å²) in [5.41, 5.74) is 3.05. The summed E-state index contributed by atoms with van der Waals surface area (Å²) < 4.78 is 1.06. The number of aryl methyl sites for hydroxylation is 2. The highest BCUT2D eigenvalue weighted by Crippen LogP contribution is 2.35. The van der Waals surface area contributed by atoms with Gasteiger partial charge in [-0.05, 0) is 64.7 Å². The highest BCUT2D eigenvalue weighted by Gasteiger charge is 2.16. The normalized spacial score (nSPS) is 12.8. The number of hydrogen-bond donors (Lipinski definition) is 1. The van der Waals surface area contributed by atoms with Crippen molar-refractivity contribution < 1.29 is 5.11 Å². The molecular formula is C13H12BrClOS. The zero-order valence-corrected chi connectivity index (χ0v) is 12.7. The van der Waals surface area contributed by atoms with Crippen LogP contribution in [0, 0.1) is 13.8 Å². The molecule has 17 heavy (non-hydrogen) atoms. The van der Waals surface area contributed by atoms with Crippen LogP contribution in [-0.4, -0.2) is 5.11 Å². The van der Waals surface area contributed by atoms with Crippen LogP contribution >= 0.6 is 38.9 Å². The minimum absolute atomic E-state index is 0.608. The maximum absolute atomic E-state index is 10.4. The molecule has 1 atom stereocenters. The van der Waals surface area contributed by atoms with Crippen molar-refractivity contribution in [2.45, 2.75) is 20.0 Å². The fraction of sp³-hybridized carbons (Fsp3) is 0.231. The summed E-state index contributed by atoms with van der Waals surface area (Å²) in [5, 5.41) is 11.0. The molecule has 2 rings (SSSR count). The molecule has 0 radical (unpaired) electrons. The average Bonchev–Trinajstić information content (AvgIpc) is 2.62. The van der Waals surface area contributed by atoms with Crippen molar-refractivity contribution in [2.75, 3.05) is 0 Å². The van der Waals surface area contributed by atoms with Crippen molar-refractivity contribution in [2.24, 2.45) is 0 Å². The van der Waals surface area contributed by atoms with E-state index in [0.29, 0.717) is 5.02 Å². The maximum atomic E-state index is 10.4. The van der Waals surface area contributed by atoms with Gasteiger partial charge in [0.15, 0.2) is 0 Å². The van der Waals surface area contributed by atoms with Crippen LogP contribution in [0.5, 0.6) is 0 Å². The van der Waals surface area contributed by atoms with E-state index in [-0.39, 0.29) is 0 Å². The van der Waals surface area contributed by atoms with Crippen LogP contribution in [-0.2, 0) is 0 Å². The highest BCUT2D eigenvalue weighted by molar-refractivity contribution is 9.11. The lowest BCUT2D eigenvalue weighted by atomic mass is 10.0. The molecule has 1 N–H and O–H groups in total. The Bertz CT molecular complexity index is 531. The van der Waals surface area contributed by atoms with Gasteiger partial charge in [0.1, 0.15) is 6.10 Å². The van der Waals surface area contributed by atoms with E-state index in [1.807, 2.05) is 38.1 Å². The molecule has 0 saturated carbocycles. The molecule has 1 unspecified atom stereocenters. The van der Waals surface area contributed by atoms with Crippen LogP contribution in [0.25, 0.3) is 0 Å². The lowest BCUT2D eigenvalue weighted by Gasteiger charge is -2.12. The molecule has 90 valence electrons. The van der Waals surface area contributed by atoms with E-state index in [1.165, 1.54) is 0 Å². The van der Waals surface area contributed by atoms with Gasteiger partial charge in [0, 0.05) is 9.90 Å². The standard InChI is InChI=1S/C13H12BrClOS/c1-7-3-4-9(15)6-10(7)12(16)11-5-8(2)13(14)17-11/h3-6,12,16H,1-2H3. The van der Waals surface area contributed by atoms with Gasteiger partial charge in [-0.25, -0.2) is 0 Å². The molecule has 0 aliphatic heterocycles. The molecule has 0 spiro atoms. The Hall–Kier alpha value is -0.350. The third-order valence-electron chi connectivity index (χ3n) is 2.68. The van der Waals surface area contributed by atoms with Crippen LogP contribution in [0.1, 0.15) is 27.7 Å². The Morgan fingerprint density at radius 1 is 1.24 bits per heavy atom. The number of rotatable bonds is 2.